The molecule has 0 spiro atoms. The third-order valence-electron chi connectivity index (χ3n) is 2.82. The molecular weight excluding hydrogens is 297 g/mol. The van der Waals surface area contributed by atoms with Gasteiger partial charge in [0.25, 0.3) is 10.0 Å². The van der Waals surface area contributed by atoms with Crippen LogP contribution in [0.1, 0.15) is 5.56 Å². The van der Waals surface area contributed by atoms with Gasteiger partial charge < -0.3 is 10.5 Å². The second-order valence-corrected chi connectivity index (χ2v) is 5.97. The van der Waals surface area contributed by atoms with Gasteiger partial charge in [-0.25, -0.2) is 17.8 Å². The number of sulfonamides is 1. The number of nitrogens with zero attached hydrogens (tertiary/aromatic N) is 1. The third-order valence-corrected chi connectivity index (χ3v) is 4.23. The summed E-state index contributed by atoms with van der Waals surface area (Å²) in [6, 6.07) is 3.72. The highest BCUT2D eigenvalue weighted by molar-refractivity contribution is 7.89. The van der Waals surface area contributed by atoms with E-state index in [1.165, 1.54) is 17.1 Å². The molecule has 114 valence electrons. The number of hydrogen-bond donors (Lipinski definition) is 2. The first-order valence-corrected chi connectivity index (χ1v) is 7.85. The Hall–Kier alpha value is -1.50. The number of ether oxygens (including phenoxy) is 1. The topological polar surface area (TPSA) is 84.7 Å². The fraction of sp³-hybridized carbons (Fsp3) is 0.385. The summed E-state index contributed by atoms with van der Waals surface area (Å²) in [6.07, 6.45) is 0. The first kappa shape index (κ1) is 15.9. The molecule has 8 heteroatoms. The van der Waals surface area contributed by atoms with Crippen molar-refractivity contribution in [1.29, 1.82) is 0 Å². The van der Waals surface area contributed by atoms with Crippen LogP contribution in [-0.2, 0) is 14.8 Å². The second kappa shape index (κ2) is 6.98. The maximum atomic E-state index is 14.0. The van der Waals surface area contributed by atoms with Crippen molar-refractivity contribution in [3.63, 3.8) is 0 Å². The highest BCUT2D eigenvalue weighted by atomic mass is 32.2. The maximum Gasteiger partial charge on any atom is 0.256 e. The van der Waals surface area contributed by atoms with Gasteiger partial charge in [-0.3, -0.25) is 0 Å². The van der Waals surface area contributed by atoms with Crippen LogP contribution in [0, 0.1) is 17.7 Å². The van der Waals surface area contributed by atoms with Crippen LogP contribution in [0.5, 0.6) is 0 Å². The zero-order valence-corrected chi connectivity index (χ0v) is 12.1. The first-order chi connectivity index (χ1) is 10.0. The van der Waals surface area contributed by atoms with Gasteiger partial charge in [-0.2, -0.15) is 0 Å². The molecule has 0 amide bonds. The van der Waals surface area contributed by atoms with Crippen molar-refractivity contribution in [3.05, 3.63) is 29.6 Å². The van der Waals surface area contributed by atoms with Crippen LogP contribution in [-0.4, -0.2) is 46.3 Å². The maximum absolute atomic E-state index is 14.0. The van der Waals surface area contributed by atoms with Crippen molar-refractivity contribution in [2.75, 3.05) is 32.8 Å². The van der Waals surface area contributed by atoms with Gasteiger partial charge >= 0.3 is 0 Å². The van der Waals surface area contributed by atoms with Gasteiger partial charge in [0.05, 0.1) is 19.8 Å². The Morgan fingerprint density at radius 3 is 2.71 bits per heavy atom. The molecule has 0 bridgehead atoms. The van der Waals surface area contributed by atoms with Gasteiger partial charge in [0, 0.05) is 18.7 Å². The average molecular weight is 313 g/mol. The summed E-state index contributed by atoms with van der Waals surface area (Å²) in [6.45, 7) is 1.85. The van der Waals surface area contributed by atoms with Crippen molar-refractivity contribution < 1.29 is 17.5 Å². The zero-order valence-electron chi connectivity index (χ0n) is 11.3. The first-order valence-electron chi connectivity index (χ1n) is 6.36. The van der Waals surface area contributed by atoms with Crippen LogP contribution in [0.4, 0.5) is 4.39 Å². The molecule has 0 unspecified atom stereocenters. The minimum atomic E-state index is -3.96. The Morgan fingerprint density at radius 2 is 2.10 bits per heavy atom. The number of halogens is 1. The molecule has 0 atom stereocenters. The summed E-state index contributed by atoms with van der Waals surface area (Å²) in [5, 5.41) is 1.49. The molecule has 0 radical (unpaired) electrons. The third kappa shape index (κ3) is 4.23. The highest BCUT2D eigenvalue weighted by Gasteiger charge is 2.23. The monoisotopic (exact) mass is 313 g/mol. The Balaban J connectivity index is 2.19. The van der Waals surface area contributed by atoms with Crippen LogP contribution in [0.15, 0.2) is 23.1 Å². The number of hydrogen-bond acceptors (Lipinski definition) is 5. The predicted octanol–water partition coefficient (Wildman–Crippen LogP) is -0.339. The second-order valence-electron chi connectivity index (χ2n) is 4.35. The van der Waals surface area contributed by atoms with Crippen molar-refractivity contribution in [2.24, 2.45) is 5.73 Å². The van der Waals surface area contributed by atoms with E-state index in [0.717, 1.165) is 6.07 Å². The van der Waals surface area contributed by atoms with E-state index in [1.807, 2.05) is 0 Å². The minimum Gasteiger partial charge on any atom is -0.379 e. The van der Waals surface area contributed by atoms with E-state index in [2.05, 4.69) is 16.7 Å². The fourth-order valence-corrected chi connectivity index (χ4v) is 3.01. The number of benzene rings is 1. The molecule has 1 saturated heterocycles. The molecule has 0 saturated carbocycles. The molecule has 1 aromatic rings. The fourth-order valence-electron chi connectivity index (χ4n) is 1.82. The van der Waals surface area contributed by atoms with Crippen molar-refractivity contribution >= 4 is 10.0 Å². The predicted molar refractivity (Wildman–Crippen MR) is 75.0 cm³/mol. The molecule has 2 rings (SSSR count). The molecule has 6 nitrogen and oxygen atoms in total. The molecule has 0 aliphatic carbocycles. The van der Waals surface area contributed by atoms with Gasteiger partial charge in [0.1, 0.15) is 10.7 Å². The van der Waals surface area contributed by atoms with E-state index < -0.39 is 20.7 Å². The van der Waals surface area contributed by atoms with Crippen molar-refractivity contribution in [1.82, 2.24) is 9.84 Å². The summed E-state index contributed by atoms with van der Waals surface area (Å²) in [5.74, 6) is 4.38. The summed E-state index contributed by atoms with van der Waals surface area (Å²) < 4.78 is 43.4. The molecule has 1 heterocycles. The molecule has 1 aromatic carbocycles. The lowest BCUT2D eigenvalue weighted by molar-refractivity contribution is 0.0272. The quantitative estimate of drug-likeness (QED) is 0.746. The van der Waals surface area contributed by atoms with Crippen LogP contribution >= 0.6 is 0 Å². The van der Waals surface area contributed by atoms with Crippen molar-refractivity contribution in [2.45, 2.75) is 4.90 Å². The summed E-state index contributed by atoms with van der Waals surface area (Å²) >= 11 is 0. The number of hydrazine groups is 1. The average Bonchev–Trinajstić information content (AvgIpc) is 2.45. The number of morpholine rings is 1. The molecule has 1 aliphatic rings. The largest absolute Gasteiger partial charge is 0.379 e. The van der Waals surface area contributed by atoms with Gasteiger partial charge in [0.2, 0.25) is 0 Å². The number of nitrogens with one attached hydrogen (secondary N) is 1. The molecule has 3 N–H and O–H groups in total. The van der Waals surface area contributed by atoms with Gasteiger partial charge in [-0.1, -0.05) is 11.8 Å². The van der Waals surface area contributed by atoms with Crippen LogP contribution in [0.2, 0.25) is 0 Å². The van der Waals surface area contributed by atoms with E-state index in [-0.39, 0.29) is 6.54 Å². The Morgan fingerprint density at radius 1 is 1.38 bits per heavy atom. The lowest BCUT2D eigenvalue weighted by Crippen LogP contribution is -2.48. The summed E-state index contributed by atoms with van der Waals surface area (Å²) in [4.78, 5) is 1.93. The van der Waals surface area contributed by atoms with Gasteiger partial charge in [-0.05, 0) is 18.2 Å². The Bertz CT molecular complexity index is 661. The van der Waals surface area contributed by atoms with Crippen LogP contribution in [0.3, 0.4) is 0 Å². The molecule has 1 fully saturated rings. The molecule has 0 aromatic heterocycles. The SMILES string of the molecule is NCC#Cc1ccc(S(=O)(=O)NN2CCOCC2)c(F)c1. The van der Waals surface area contributed by atoms with E-state index >= 15 is 0 Å². The zero-order chi connectivity index (χ0) is 15.3. The number of nitrogens with two attached hydrogens (primary N) is 1. The standard InChI is InChI=1S/C13H16FN3O3S/c14-12-10-11(2-1-5-15)3-4-13(12)21(18,19)16-17-6-8-20-9-7-17/h3-4,10,16H,5-9,15H2. The van der Waals surface area contributed by atoms with E-state index in [0.29, 0.717) is 31.9 Å². The normalized spacial score (nSPS) is 16.3. The van der Waals surface area contributed by atoms with Gasteiger partial charge in [-0.15, -0.1) is 4.83 Å². The lowest BCUT2D eigenvalue weighted by Gasteiger charge is -2.26. The molecular formula is C13H16FN3O3S. The molecule has 21 heavy (non-hydrogen) atoms. The summed E-state index contributed by atoms with van der Waals surface area (Å²) in [7, 11) is -3.96. The highest BCUT2D eigenvalue weighted by Crippen LogP contribution is 2.16. The minimum absolute atomic E-state index is 0.153. The van der Waals surface area contributed by atoms with Gasteiger partial charge in [0.15, 0.2) is 0 Å². The van der Waals surface area contributed by atoms with E-state index in [1.54, 1.807) is 0 Å². The van der Waals surface area contributed by atoms with E-state index in [9.17, 15) is 12.8 Å². The van der Waals surface area contributed by atoms with E-state index in [4.69, 9.17) is 10.5 Å². The van der Waals surface area contributed by atoms with Crippen molar-refractivity contribution in [3.8, 4) is 11.8 Å². The lowest BCUT2D eigenvalue weighted by atomic mass is 10.2. The summed E-state index contributed by atoms with van der Waals surface area (Å²) in [5.41, 5.74) is 5.61. The molecule has 1 aliphatic heterocycles. The number of rotatable bonds is 3. The Labute approximate surface area is 123 Å². The Kier molecular flexibility index (Phi) is 5.27. The smallest absolute Gasteiger partial charge is 0.256 e. The van der Waals surface area contributed by atoms with Crippen LogP contribution < -0.4 is 10.6 Å². The van der Waals surface area contributed by atoms with Crippen LogP contribution in [0.25, 0.3) is 0 Å².